The standard InChI is InChI=1S/C17H15BrClN3O2S/c1-23-14-4-2-3-13(10-14)22-11-20-21-17(22)25-8-7-24-16-6-5-12(19)9-15(16)18/h2-6,9-11H,7-8H2,1H3. The zero-order valence-corrected chi connectivity index (χ0v) is 16.5. The second kappa shape index (κ2) is 8.60. The molecule has 0 unspecified atom stereocenters. The molecule has 1 heterocycles. The van der Waals surface area contributed by atoms with Gasteiger partial charge in [-0.2, -0.15) is 0 Å². The summed E-state index contributed by atoms with van der Waals surface area (Å²) >= 11 is 10.9. The number of hydrogen-bond acceptors (Lipinski definition) is 5. The Morgan fingerprint density at radius 1 is 1.24 bits per heavy atom. The van der Waals surface area contributed by atoms with Crippen LogP contribution in [0.5, 0.6) is 11.5 Å². The molecule has 0 aliphatic rings. The van der Waals surface area contributed by atoms with Gasteiger partial charge in [0.05, 0.1) is 23.9 Å². The third kappa shape index (κ3) is 4.68. The Balaban J connectivity index is 1.60. The first-order valence-electron chi connectivity index (χ1n) is 7.42. The molecule has 0 N–H and O–H groups in total. The monoisotopic (exact) mass is 439 g/mol. The summed E-state index contributed by atoms with van der Waals surface area (Å²) in [6, 6.07) is 13.2. The van der Waals surface area contributed by atoms with Gasteiger partial charge in [0.15, 0.2) is 5.16 Å². The molecule has 0 aliphatic heterocycles. The minimum atomic E-state index is 0.538. The van der Waals surface area contributed by atoms with Crippen molar-refractivity contribution in [3.05, 3.63) is 58.3 Å². The van der Waals surface area contributed by atoms with E-state index >= 15 is 0 Å². The van der Waals surface area contributed by atoms with E-state index < -0.39 is 0 Å². The summed E-state index contributed by atoms with van der Waals surface area (Å²) in [5.74, 6) is 2.29. The van der Waals surface area contributed by atoms with Crippen molar-refractivity contribution < 1.29 is 9.47 Å². The molecule has 0 atom stereocenters. The molecule has 0 fully saturated rings. The van der Waals surface area contributed by atoms with Crippen molar-refractivity contribution in [2.75, 3.05) is 19.5 Å². The Hall–Kier alpha value is -1.70. The topological polar surface area (TPSA) is 49.2 Å². The van der Waals surface area contributed by atoms with Gasteiger partial charge in [-0.1, -0.05) is 29.4 Å². The molecular formula is C17H15BrClN3O2S. The van der Waals surface area contributed by atoms with Crippen molar-refractivity contribution in [1.82, 2.24) is 14.8 Å². The lowest BCUT2D eigenvalue weighted by Gasteiger charge is -2.09. The summed E-state index contributed by atoms with van der Waals surface area (Å²) in [5, 5.41) is 9.64. The maximum atomic E-state index is 5.93. The minimum Gasteiger partial charge on any atom is -0.497 e. The number of benzene rings is 2. The zero-order valence-electron chi connectivity index (χ0n) is 13.4. The van der Waals surface area contributed by atoms with Crippen molar-refractivity contribution >= 4 is 39.3 Å². The van der Waals surface area contributed by atoms with Crippen LogP contribution in [0.4, 0.5) is 0 Å². The number of halogens is 2. The van der Waals surface area contributed by atoms with E-state index in [2.05, 4.69) is 26.1 Å². The van der Waals surface area contributed by atoms with Crippen LogP contribution in [0.2, 0.25) is 5.02 Å². The Morgan fingerprint density at radius 3 is 2.92 bits per heavy atom. The summed E-state index contributed by atoms with van der Waals surface area (Å²) in [7, 11) is 1.65. The van der Waals surface area contributed by atoms with E-state index in [0.29, 0.717) is 11.6 Å². The summed E-state index contributed by atoms with van der Waals surface area (Å²) in [5.41, 5.74) is 0.952. The molecule has 0 amide bonds. The first kappa shape index (κ1) is 18.1. The Kier molecular flexibility index (Phi) is 6.23. The molecule has 3 rings (SSSR count). The molecular weight excluding hydrogens is 426 g/mol. The number of nitrogens with zero attached hydrogens (tertiary/aromatic N) is 3. The molecule has 25 heavy (non-hydrogen) atoms. The molecule has 0 saturated carbocycles. The SMILES string of the molecule is COc1cccc(-n2cnnc2SCCOc2ccc(Cl)cc2Br)c1. The fourth-order valence-corrected chi connectivity index (χ4v) is 3.68. The molecule has 2 aromatic carbocycles. The van der Waals surface area contributed by atoms with Crippen LogP contribution in [-0.2, 0) is 0 Å². The zero-order chi connectivity index (χ0) is 17.6. The summed E-state index contributed by atoms with van der Waals surface area (Å²) in [6.07, 6.45) is 1.69. The molecule has 8 heteroatoms. The highest BCUT2D eigenvalue weighted by atomic mass is 79.9. The van der Waals surface area contributed by atoms with Gasteiger partial charge in [0.25, 0.3) is 0 Å². The number of rotatable bonds is 7. The van der Waals surface area contributed by atoms with Gasteiger partial charge in [-0.05, 0) is 46.3 Å². The van der Waals surface area contributed by atoms with Gasteiger partial charge >= 0.3 is 0 Å². The average molecular weight is 441 g/mol. The lowest BCUT2D eigenvalue weighted by atomic mass is 10.3. The maximum absolute atomic E-state index is 5.93. The van der Waals surface area contributed by atoms with E-state index in [1.165, 1.54) is 0 Å². The van der Waals surface area contributed by atoms with Crippen LogP contribution in [0, 0.1) is 0 Å². The normalized spacial score (nSPS) is 10.7. The van der Waals surface area contributed by atoms with E-state index in [-0.39, 0.29) is 0 Å². The lowest BCUT2D eigenvalue weighted by Crippen LogP contribution is -2.02. The summed E-state index contributed by atoms with van der Waals surface area (Å²) < 4.78 is 13.8. The molecule has 3 aromatic rings. The largest absolute Gasteiger partial charge is 0.497 e. The molecule has 0 aliphatic carbocycles. The van der Waals surface area contributed by atoms with Crippen molar-refractivity contribution in [3.8, 4) is 17.2 Å². The summed E-state index contributed by atoms with van der Waals surface area (Å²) in [4.78, 5) is 0. The fraction of sp³-hybridized carbons (Fsp3) is 0.176. The van der Waals surface area contributed by atoms with Gasteiger partial charge in [-0.25, -0.2) is 0 Å². The predicted octanol–water partition coefficient (Wildman–Crippen LogP) is 4.86. The van der Waals surface area contributed by atoms with Crippen molar-refractivity contribution in [2.45, 2.75) is 5.16 Å². The lowest BCUT2D eigenvalue weighted by molar-refractivity contribution is 0.341. The Labute approximate surface area is 163 Å². The van der Waals surface area contributed by atoms with E-state index in [1.54, 1.807) is 31.3 Å². The molecule has 5 nitrogen and oxygen atoms in total. The van der Waals surface area contributed by atoms with E-state index in [4.69, 9.17) is 21.1 Å². The Bertz CT molecular complexity index is 859. The minimum absolute atomic E-state index is 0.538. The molecule has 0 radical (unpaired) electrons. The maximum Gasteiger partial charge on any atom is 0.195 e. The second-order valence-electron chi connectivity index (χ2n) is 4.96. The Morgan fingerprint density at radius 2 is 2.12 bits per heavy atom. The van der Waals surface area contributed by atoms with E-state index in [0.717, 1.165) is 32.6 Å². The third-order valence-electron chi connectivity index (χ3n) is 3.31. The van der Waals surface area contributed by atoms with Gasteiger partial charge in [0.2, 0.25) is 0 Å². The van der Waals surface area contributed by atoms with Crippen LogP contribution in [0.15, 0.2) is 58.4 Å². The third-order valence-corrected chi connectivity index (χ3v) is 5.08. The molecule has 1 aromatic heterocycles. The van der Waals surface area contributed by atoms with Crippen LogP contribution in [0.3, 0.4) is 0 Å². The first-order chi connectivity index (χ1) is 12.2. The van der Waals surface area contributed by atoms with E-state index in [9.17, 15) is 0 Å². The fourth-order valence-electron chi connectivity index (χ4n) is 2.14. The highest BCUT2D eigenvalue weighted by Gasteiger charge is 2.08. The van der Waals surface area contributed by atoms with Crippen LogP contribution in [0.25, 0.3) is 5.69 Å². The predicted molar refractivity (Wildman–Crippen MR) is 103 cm³/mol. The van der Waals surface area contributed by atoms with Crippen LogP contribution < -0.4 is 9.47 Å². The van der Waals surface area contributed by atoms with Crippen molar-refractivity contribution in [3.63, 3.8) is 0 Å². The molecule has 0 saturated heterocycles. The number of ether oxygens (including phenoxy) is 2. The average Bonchev–Trinajstić information content (AvgIpc) is 3.09. The van der Waals surface area contributed by atoms with Gasteiger partial charge < -0.3 is 9.47 Å². The number of hydrogen-bond donors (Lipinski definition) is 0. The van der Waals surface area contributed by atoms with Gasteiger partial charge in [-0.3, -0.25) is 4.57 Å². The van der Waals surface area contributed by atoms with Crippen molar-refractivity contribution in [2.24, 2.45) is 0 Å². The molecule has 0 bridgehead atoms. The number of aromatic nitrogens is 3. The van der Waals surface area contributed by atoms with Gasteiger partial charge in [-0.15, -0.1) is 10.2 Å². The van der Waals surface area contributed by atoms with Crippen molar-refractivity contribution in [1.29, 1.82) is 0 Å². The highest BCUT2D eigenvalue weighted by Crippen LogP contribution is 2.28. The van der Waals surface area contributed by atoms with Gasteiger partial charge in [0, 0.05) is 16.8 Å². The highest BCUT2D eigenvalue weighted by molar-refractivity contribution is 9.10. The van der Waals surface area contributed by atoms with Gasteiger partial charge in [0.1, 0.15) is 17.8 Å². The summed E-state index contributed by atoms with van der Waals surface area (Å²) in [6.45, 7) is 0.538. The quantitative estimate of drug-likeness (QED) is 0.388. The second-order valence-corrected chi connectivity index (χ2v) is 7.31. The first-order valence-corrected chi connectivity index (χ1v) is 9.58. The van der Waals surface area contributed by atoms with E-state index in [1.807, 2.05) is 41.0 Å². The van der Waals surface area contributed by atoms with Crippen LogP contribution in [0.1, 0.15) is 0 Å². The number of methoxy groups -OCH3 is 1. The molecule has 0 spiro atoms. The number of thioether (sulfide) groups is 1. The van der Waals surface area contributed by atoms with Crippen LogP contribution in [-0.4, -0.2) is 34.2 Å². The van der Waals surface area contributed by atoms with Crippen LogP contribution >= 0.6 is 39.3 Å². The molecule has 130 valence electrons. The smallest absolute Gasteiger partial charge is 0.195 e.